The molecule has 1 atom stereocenters. The van der Waals surface area contributed by atoms with E-state index in [1.165, 1.54) is 15.9 Å². The minimum Gasteiger partial charge on any atom is -0.328 e. The van der Waals surface area contributed by atoms with Crippen molar-refractivity contribution >= 4 is 17.5 Å². The summed E-state index contributed by atoms with van der Waals surface area (Å²) in [4.78, 5) is 28.6. The van der Waals surface area contributed by atoms with Gasteiger partial charge in [-0.25, -0.2) is 4.39 Å². The zero-order valence-electron chi connectivity index (χ0n) is 14.7. The minimum absolute atomic E-state index is 0.252. The van der Waals surface area contributed by atoms with Crippen LogP contribution < -0.4 is 4.90 Å². The molecule has 1 N–H and O–H groups in total. The first-order valence-electron chi connectivity index (χ1n) is 8.97. The van der Waals surface area contributed by atoms with Crippen LogP contribution in [0.15, 0.2) is 24.3 Å². The van der Waals surface area contributed by atoms with Crippen molar-refractivity contribution in [2.75, 3.05) is 18.5 Å². The zero-order chi connectivity index (χ0) is 18.3. The highest BCUT2D eigenvalue weighted by Gasteiger charge is 2.39. The van der Waals surface area contributed by atoms with Crippen LogP contribution in [0.5, 0.6) is 0 Å². The number of amides is 2. The molecule has 7 heteroatoms. The van der Waals surface area contributed by atoms with Crippen molar-refractivity contribution in [3.05, 3.63) is 47.0 Å². The first-order chi connectivity index (χ1) is 12.6. The van der Waals surface area contributed by atoms with Gasteiger partial charge in [-0.1, -0.05) is 12.1 Å². The molecule has 136 valence electrons. The number of para-hydroxylation sites is 1. The third-order valence-electron chi connectivity index (χ3n) is 5.37. The molecule has 2 amide bonds. The van der Waals surface area contributed by atoms with Crippen molar-refractivity contribution in [1.29, 1.82) is 0 Å². The second kappa shape index (κ2) is 6.55. The number of nitrogens with one attached hydrogen (secondary N) is 1. The molecule has 26 heavy (non-hydrogen) atoms. The summed E-state index contributed by atoms with van der Waals surface area (Å²) in [7, 11) is 1.62. The largest absolute Gasteiger partial charge is 0.328 e. The SMILES string of the molecule is CN(C(=O)c1n[nH]c2c1CCCC2)C1CCN(c2ccccc2F)C1=O. The lowest BCUT2D eigenvalue weighted by Crippen LogP contribution is -2.43. The number of rotatable bonds is 3. The molecule has 1 aromatic heterocycles. The molecule has 0 bridgehead atoms. The van der Waals surface area contributed by atoms with E-state index < -0.39 is 11.9 Å². The number of halogens is 1. The topological polar surface area (TPSA) is 69.3 Å². The molecule has 1 saturated heterocycles. The van der Waals surface area contributed by atoms with Crippen molar-refractivity contribution in [3.63, 3.8) is 0 Å². The fraction of sp³-hybridized carbons (Fsp3) is 0.421. The van der Waals surface area contributed by atoms with Crippen LogP contribution in [0, 0.1) is 5.82 Å². The highest BCUT2D eigenvalue weighted by atomic mass is 19.1. The molecule has 6 nitrogen and oxygen atoms in total. The molecule has 0 saturated carbocycles. The number of hydrogen-bond acceptors (Lipinski definition) is 3. The first kappa shape index (κ1) is 16.8. The Hall–Kier alpha value is -2.70. The van der Waals surface area contributed by atoms with Crippen molar-refractivity contribution < 1.29 is 14.0 Å². The average molecular weight is 356 g/mol. The van der Waals surface area contributed by atoms with Gasteiger partial charge in [-0.2, -0.15) is 5.10 Å². The Labute approximate surface area is 151 Å². The molecule has 1 fully saturated rings. The molecular formula is C19H21FN4O2. The molecule has 1 aliphatic carbocycles. The number of aromatic nitrogens is 2. The van der Waals surface area contributed by atoms with Gasteiger partial charge in [-0.15, -0.1) is 0 Å². The highest BCUT2D eigenvalue weighted by Crippen LogP contribution is 2.28. The van der Waals surface area contributed by atoms with Gasteiger partial charge in [0.1, 0.15) is 11.9 Å². The lowest BCUT2D eigenvalue weighted by Gasteiger charge is -2.24. The number of benzene rings is 1. The zero-order valence-corrected chi connectivity index (χ0v) is 14.7. The number of nitrogens with zero attached hydrogens (tertiary/aromatic N) is 3. The molecule has 4 rings (SSSR count). The molecule has 2 heterocycles. The van der Waals surface area contributed by atoms with Crippen molar-refractivity contribution in [3.8, 4) is 0 Å². The molecule has 2 aromatic rings. The predicted octanol–water partition coefficient (Wildman–Crippen LogP) is 2.31. The number of likely N-dealkylation sites (N-methyl/N-ethyl adjacent to an activating group) is 1. The number of aryl methyl sites for hydroxylation is 1. The number of aromatic amines is 1. The maximum atomic E-state index is 14.0. The molecule has 2 aliphatic rings. The molecule has 0 radical (unpaired) electrons. The van der Waals surface area contributed by atoms with Gasteiger partial charge >= 0.3 is 0 Å². The molecule has 1 aromatic carbocycles. The number of carbonyl (C=O) groups excluding carboxylic acids is 2. The van der Waals surface area contributed by atoms with Gasteiger partial charge in [0.25, 0.3) is 5.91 Å². The number of anilines is 1. The van der Waals surface area contributed by atoms with Gasteiger partial charge in [-0.3, -0.25) is 14.7 Å². The van der Waals surface area contributed by atoms with E-state index in [1.807, 2.05) is 0 Å². The Kier molecular flexibility index (Phi) is 4.22. The summed E-state index contributed by atoms with van der Waals surface area (Å²) in [6.45, 7) is 0.390. The van der Waals surface area contributed by atoms with E-state index in [0.717, 1.165) is 36.9 Å². The van der Waals surface area contributed by atoms with E-state index in [9.17, 15) is 14.0 Å². The van der Waals surface area contributed by atoms with Gasteiger partial charge in [-0.05, 0) is 44.2 Å². The Bertz CT molecular complexity index is 863. The number of hydrogen-bond donors (Lipinski definition) is 1. The van der Waals surface area contributed by atoms with E-state index in [1.54, 1.807) is 25.2 Å². The highest BCUT2D eigenvalue weighted by molar-refractivity contribution is 6.03. The summed E-state index contributed by atoms with van der Waals surface area (Å²) in [6.07, 6.45) is 4.35. The first-order valence-corrected chi connectivity index (χ1v) is 8.97. The van der Waals surface area contributed by atoms with Crippen LogP contribution in [0.25, 0.3) is 0 Å². The predicted molar refractivity (Wildman–Crippen MR) is 94.5 cm³/mol. The van der Waals surface area contributed by atoms with Gasteiger partial charge in [0.05, 0.1) is 5.69 Å². The average Bonchev–Trinajstić information content (AvgIpc) is 3.25. The number of fused-ring (bicyclic) bond motifs is 1. The molecule has 1 aliphatic heterocycles. The molecular weight excluding hydrogens is 335 g/mol. The van der Waals surface area contributed by atoms with Crippen molar-refractivity contribution in [1.82, 2.24) is 15.1 Å². The van der Waals surface area contributed by atoms with Crippen LogP contribution >= 0.6 is 0 Å². The minimum atomic E-state index is -0.599. The van der Waals surface area contributed by atoms with Crippen LogP contribution in [0.4, 0.5) is 10.1 Å². The normalized spacial score (nSPS) is 19.5. The van der Waals surface area contributed by atoms with Crippen LogP contribution in [-0.2, 0) is 17.6 Å². The smallest absolute Gasteiger partial charge is 0.275 e. The second-order valence-corrected chi connectivity index (χ2v) is 6.90. The second-order valence-electron chi connectivity index (χ2n) is 6.90. The fourth-order valence-electron chi connectivity index (χ4n) is 3.90. The van der Waals surface area contributed by atoms with Gasteiger partial charge in [0.15, 0.2) is 5.69 Å². The number of carbonyl (C=O) groups is 2. The lowest BCUT2D eigenvalue weighted by atomic mass is 9.95. The summed E-state index contributed by atoms with van der Waals surface area (Å²) in [5.41, 5.74) is 2.68. The van der Waals surface area contributed by atoms with Crippen LogP contribution in [-0.4, -0.2) is 46.5 Å². The monoisotopic (exact) mass is 356 g/mol. The van der Waals surface area contributed by atoms with Crippen LogP contribution in [0.2, 0.25) is 0 Å². The van der Waals surface area contributed by atoms with E-state index in [2.05, 4.69) is 10.2 Å². The van der Waals surface area contributed by atoms with Crippen molar-refractivity contribution in [2.24, 2.45) is 0 Å². The summed E-state index contributed by atoms with van der Waals surface area (Å²) in [6, 6.07) is 5.61. The van der Waals surface area contributed by atoms with E-state index in [0.29, 0.717) is 18.7 Å². The summed E-state index contributed by atoms with van der Waals surface area (Å²) >= 11 is 0. The summed E-state index contributed by atoms with van der Waals surface area (Å²) in [5, 5.41) is 7.17. The van der Waals surface area contributed by atoms with Crippen LogP contribution in [0.3, 0.4) is 0 Å². The van der Waals surface area contributed by atoms with Crippen LogP contribution in [0.1, 0.15) is 41.0 Å². The Morgan fingerprint density at radius 2 is 2.08 bits per heavy atom. The van der Waals surface area contributed by atoms with Gasteiger partial charge in [0, 0.05) is 24.8 Å². The molecule has 0 spiro atoms. The Morgan fingerprint density at radius 3 is 2.88 bits per heavy atom. The number of H-pyrrole nitrogens is 1. The lowest BCUT2D eigenvalue weighted by molar-refractivity contribution is -0.120. The quantitative estimate of drug-likeness (QED) is 0.917. The Morgan fingerprint density at radius 1 is 1.31 bits per heavy atom. The summed E-state index contributed by atoms with van der Waals surface area (Å²) < 4.78 is 14.0. The maximum Gasteiger partial charge on any atom is 0.275 e. The third-order valence-corrected chi connectivity index (χ3v) is 5.37. The maximum absolute atomic E-state index is 14.0. The van der Waals surface area contributed by atoms with Gasteiger partial charge < -0.3 is 9.80 Å². The standard InChI is InChI=1S/C19H21FN4O2/c1-23(19(26)17-12-6-2-4-8-14(12)21-22-17)16-10-11-24(18(16)25)15-9-5-3-7-13(15)20/h3,5,7,9,16H,2,4,6,8,10-11H2,1H3,(H,21,22). The van der Waals surface area contributed by atoms with Crippen molar-refractivity contribution in [2.45, 2.75) is 38.1 Å². The van der Waals surface area contributed by atoms with E-state index >= 15 is 0 Å². The Balaban J connectivity index is 1.55. The fourth-order valence-corrected chi connectivity index (χ4v) is 3.90. The van der Waals surface area contributed by atoms with Gasteiger partial charge in [0.2, 0.25) is 5.91 Å². The van der Waals surface area contributed by atoms with E-state index in [-0.39, 0.29) is 17.5 Å². The molecule has 1 unspecified atom stereocenters. The van der Waals surface area contributed by atoms with E-state index in [4.69, 9.17) is 0 Å². The third kappa shape index (κ3) is 2.67. The summed E-state index contributed by atoms with van der Waals surface area (Å²) in [5.74, 6) is -0.940.